The lowest BCUT2D eigenvalue weighted by atomic mass is 9.86. The van der Waals surface area contributed by atoms with Crippen molar-refractivity contribution in [3.63, 3.8) is 0 Å². The highest BCUT2D eigenvalue weighted by molar-refractivity contribution is 5.42. The van der Waals surface area contributed by atoms with Gasteiger partial charge in [0.1, 0.15) is 11.4 Å². The molecule has 0 aromatic heterocycles. The Labute approximate surface area is 104 Å². The van der Waals surface area contributed by atoms with Gasteiger partial charge in [-0.3, -0.25) is 0 Å². The molecule has 0 aliphatic carbocycles. The number of rotatable bonds is 2. The van der Waals surface area contributed by atoms with Gasteiger partial charge in [0.15, 0.2) is 0 Å². The number of hydrogen-bond acceptors (Lipinski definition) is 2. The largest absolute Gasteiger partial charge is 0.487 e. The topological polar surface area (TPSA) is 35.2 Å². The maximum Gasteiger partial charge on any atom is 0.124 e. The Morgan fingerprint density at radius 2 is 2.18 bits per heavy atom. The van der Waals surface area contributed by atoms with Gasteiger partial charge in [-0.05, 0) is 30.9 Å². The number of ether oxygens (including phenoxy) is 1. The molecule has 1 heterocycles. The second-order valence-corrected chi connectivity index (χ2v) is 5.67. The molecule has 1 aliphatic heterocycles. The van der Waals surface area contributed by atoms with E-state index in [0.29, 0.717) is 5.92 Å². The zero-order valence-electron chi connectivity index (χ0n) is 11.3. The number of benzene rings is 1. The summed E-state index contributed by atoms with van der Waals surface area (Å²) in [6.07, 6.45) is 1.89. The van der Waals surface area contributed by atoms with Crippen LogP contribution < -0.4 is 10.5 Å². The first kappa shape index (κ1) is 12.4. The molecule has 0 saturated carbocycles. The van der Waals surface area contributed by atoms with Gasteiger partial charge in [0.25, 0.3) is 0 Å². The van der Waals surface area contributed by atoms with E-state index in [0.717, 1.165) is 18.6 Å². The monoisotopic (exact) mass is 233 g/mol. The summed E-state index contributed by atoms with van der Waals surface area (Å²) >= 11 is 0. The van der Waals surface area contributed by atoms with Gasteiger partial charge in [0, 0.05) is 18.0 Å². The highest BCUT2D eigenvalue weighted by Crippen LogP contribution is 2.40. The van der Waals surface area contributed by atoms with E-state index < -0.39 is 0 Å². The first-order valence-electron chi connectivity index (χ1n) is 6.53. The first-order valence-corrected chi connectivity index (χ1v) is 6.53. The third kappa shape index (κ3) is 2.32. The quantitative estimate of drug-likeness (QED) is 0.844. The van der Waals surface area contributed by atoms with E-state index in [9.17, 15) is 0 Å². The minimum atomic E-state index is -0.105. The average molecular weight is 233 g/mol. The number of fused-ring (bicyclic) bond motifs is 1. The Hall–Kier alpha value is -1.02. The van der Waals surface area contributed by atoms with E-state index in [4.69, 9.17) is 10.5 Å². The molecule has 2 unspecified atom stereocenters. The maximum atomic E-state index is 6.29. The molecule has 0 saturated heterocycles. The second-order valence-electron chi connectivity index (χ2n) is 5.67. The Bertz CT molecular complexity index is 413. The van der Waals surface area contributed by atoms with E-state index in [1.165, 1.54) is 11.1 Å². The van der Waals surface area contributed by atoms with Crippen molar-refractivity contribution in [2.24, 2.45) is 5.73 Å². The molecule has 0 radical (unpaired) electrons. The molecule has 0 bridgehead atoms. The van der Waals surface area contributed by atoms with Crippen LogP contribution in [-0.2, 0) is 0 Å². The molecule has 1 aromatic rings. The standard InChI is InChI=1S/C15H23NO/c1-5-15(4)9-13(16)12-8-11(10(2)3)6-7-14(12)17-15/h6-8,10,13H,5,9,16H2,1-4H3. The predicted molar refractivity (Wildman–Crippen MR) is 71.4 cm³/mol. The van der Waals surface area contributed by atoms with Crippen LogP contribution in [0.3, 0.4) is 0 Å². The number of hydrogen-bond donors (Lipinski definition) is 1. The average Bonchev–Trinajstić information content (AvgIpc) is 2.28. The minimum Gasteiger partial charge on any atom is -0.487 e. The van der Waals surface area contributed by atoms with E-state index >= 15 is 0 Å². The Balaban J connectivity index is 2.38. The molecular weight excluding hydrogens is 210 g/mol. The van der Waals surface area contributed by atoms with Crippen LogP contribution >= 0.6 is 0 Å². The molecule has 1 aromatic carbocycles. The molecule has 1 aliphatic rings. The van der Waals surface area contributed by atoms with Crippen molar-refractivity contribution in [1.82, 2.24) is 0 Å². The highest BCUT2D eigenvalue weighted by atomic mass is 16.5. The molecular formula is C15H23NO. The summed E-state index contributed by atoms with van der Waals surface area (Å²) in [6, 6.07) is 6.54. The fraction of sp³-hybridized carbons (Fsp3) is 0.600. The SMILES string of the molecule is CCC1(C)CC(N)c2cc(C(C)C)ccc2O1. The van der Waals surface area contributed by atoms with Gasteiger partial charge < -0.3 is 10.5 Å². The van der Waals surface area contributed by atoms with Crippen LogP contribution in [0.2, 0.25) is 0 Å². The summed E-state index contributed by atoms with van der Waals surface area (Å²) in [4.78, 5) is 0. The molecule has 0 fully saturated rings. The van der Waals surface area contributed by atoms with E-state index in [1.54, 1.807) is 0 Å². The molecule has 0 amide bonds. The van der Waals surface area contributed by atoms with Gasteiger partial charge in [-0.15, -0.1) is 0 Å². The van der Waals surface area contributed by atoms with Crippen LogP contribution in [0.1, 0.15) is 63.6 Å². The van der Waals surface area contributed by atoms with Crippen LogP contribution in [0.15, 0.2) is 18.2 Å². The smallest absolute Gasteiger partial charge is 0.124 e. The van der Waals surface area contributed by atoms with Crippen molar-refractivity contribution in [1.29, 1.82) is 0 Å². The van der Waals surface area contributed by atoms with Crippen LogP contribution in [0, 0.1) is 0 Å². The van der Waals surface area contributed by atoms with E-state index in [1.807, 2.05) is 0 Å². The molecule has 94 valence electrons. The Morgan fingerprint density at radius 3 is 2.76 bits per heavy atom. The molecule has 2 N–H and O–H groups in total. The summed E-state index contributed by atoms with van der Waals surface area (Å²) in [5.41, 5.74) is 8.69. The zero-order chi connectivity index (χ0) is 12.6. The Kier molecular flexibility index (Phi) is 3.17. The lowest BCUT2D eigenvalue weighted by molar-refractivity contribution is 0.0502. The summed E-state index contributed by atoms with van der Waals surface area (Å²) in [5.74, 6) is 1.50. The van der Waals surface area contributed by atoms with Crippen LogP contribution in [0.25, 0.3) is 0 Å². The van der Waals surface area contributed by atoms with E-state index in [-0.39, 0.29) is 11.6 Å². The first-order chi connectivity index (χ1) is 7.95. The summed E-state index contributed by atoms with van der Waals surface area (Å²) in [6.45, 7) is 8.70. The van der Waals surface area contributed by atoms with Crippen molar-refractivity contribution >= 4 is 0 Å². The van der Waals surface area contributed by atoms with Gasteiger partial charge in [0.05, 0.1) is 0 Å². The van der Waals surface area contributed by atoms with Crippen LogP contribution in [0.4, 0.5) is 0 Å². The zero-order valence-corrected chi connectivity index (χ0v) is 11.3. The summed E-state index contributed by atoms with van der Waals surface area (Å²) < 4.78 is 6.09. The number of nitrogens with two attached hydrogens (primary N) is 1. The normalized spacial score (nSPS) is 27.8. The molecule has 2 rings (SSSR count). The van der Waals surface area contributed by atoms with Crippen molar-refractivity contribution in [2.45, 2.75) is 58.1 Å². The third-order valence-corrected chi connectivity index (χ3v) is 3.86. The maximum absolute atomic E-state index is 6.29. The van der Waals surface area contributed by atoms with Crippen molar-refractivity contribution in [2.75, 3.05) is 0 Å². The van der Waals surface area contributed by atoms with Gasteiger partial charge >= 0.3 is 0 Å². The second kappa shape index (κ2) is 4.34. The summed E-state index contributed by atoms with van der Waals surface area (Å²) in [7, 11) is 0. The molecule has 0 spiro atoms. The predicted octanol–water partition coefficient (Wildman–Crippen LogP) is 3.76. The van der Waals surface area contributed by atoms with Crippen LogP contribution in [0.5, 0.6) is 5.75 Å². The van der Waals surface area contributed by atoms with Gasteiger partial charge in [-0.25, -0.2) is 0 Å². The lowest BCUT2D eigenvalue weighted by Gasteiger charge is -2.38. The molecule has 17 heavy (non-hydrogen) atoms. The third-order valence-electron chi connectivity index (χ3n) is 3.86. The molecule has 2 atom stereocenters. The fourth-order valence-corrected chi connectivity index (χ4v) is 2.41. The molecule has 2 nitrogen and oxygen atoms in total. The van der Waals surface area contributed by atoms with E-state index in [2.05, 4.69) is 45.9 Å². The Morgan fingerprint density at radius 1 is 1.47 bits per heavy atom. The van der Waals surface area contributed by atoms with Crippen molar-refractivity contribution in [3.8, 4) is 5.75 Å². The lowest BCUT2D eigenvalue weighted by Crippen LogP contribution is -2.39. The van der Waals surface area contributed by atoms with Gasteiger partial charge in [-0.2, -0.15) is 0 Å². The van der Waals surface area contributed by atoms with Crippen molar-refractivity contribution < 1.29 is 4.74 Å². The minimum absolute atomic E-state index is 0.0994. The summed E-state index contributed by atoms with van der Waals surface area (Å²) in [5, 5.41) is 0. The van der Waals surface area contributed by atoms with Gasteiger partial charge in [-0.1, -0.05) is 32.9 Å². The van der Waals surface area contributed by atoms with Gasteiger partial charge in [0.2, 0.25) is 0 Å². The fourth-order valence-electron chi connectivity index (χ4n) is 2.41. The van der Waals surface area contributed by atoms with Crippen LogP contribution in [-0.4, -0.2) is 5.60 Å². The highest BCUT2D eigenvalue weighted by Gasteiger charge is 2.34. The van der Waals surface area contributed by atoms with Crippen molar-refractivity contribution in [3.05, 3.63) is 29.3 Å². The molecule has 2 heteroatoms.